The SMILES string of the molecule is CCc1c(C(=O)OC(C)=O)cccc1C(F)(F)F. The fraction of sp³-hybridized carbons (Fsp3) is 0.333. The highest BCUT2D eigenvalue weighted by Crippen LogP contribution is 2.33. The van der Waals surface area contributed by atoms with Crippen molar-refractivity contribution in [3.05, 3.63) is 34.9 Å². The molecule has 1 rings (SSSR count). The lowest BCUT2D eigenvalue weighted by Gasteiger charge is -2.14. The Balaban J connectivity index is 3.29. The number of esters is 2. The quantitative estimate of drug-likeness (QED) is 0.606. The number of carbonyl (C=O) groups excluding carboxylic acids is 2. The van der Waals surface area contributed by atoms with E-state index in [4.69, 9.17) is 0 Å². The van der Waals surface area contributed by atoms with Crippen LogP contribution in [0.25, 0.3) is 0 Å². The highest BCUT2D eigenvalue weighted by atomic mass is 19.4. The number of hydrogen-bond donors (Lipinski definition) is 0. The molecule has 0 atom stereocenters. The van der Waals surface area contributed by atoms with Crippen LogP contribution in [0.1, 0.15) is 35.3 Å². The van der Waals surface area contributed by atoms with E-state index in [0.29, 0.717) is 0 Å². The first-order valence-corrected chi connectivity index (χ1v) is 5.19. The summed E-state index contributed by atoms with van der Waals surface area (Å²) in [6, 6.07) is 3.21. The molecular weight excluding hydrogens is 249 g/mol. The second kappa shape index (κ2) is 5.20. The van der Waals surface area contributed by atoms with Gasteiger partial charge in [-0.1, -0.05) is 13.0 Å². The molecule has 0 radical (unpaired) electrons. The standard InChI is InChI=1S/C12H11F3O3/c1-3-8-9(11(17)18-7(2)16)5-4-6-10(8)12(13,14)15/h4-6H,3H2,1-2H3. The summed E-state index contributed by atoms with van der Waals surface area (Å²) in [5.74, 6) is -1.93. The summed E-state index contributed by atoms with van der Waals surface area (Å²) < 4.78 is 42.5. The van der Waals surface area contributed by atoms with Gasteiger partial charge < -0.3 is 4.74 Å². The van der Waals surface area contributed by atoms with Crippen LogP contribution >= 0.6 is 0 Å². The van der Waals surface area contributed by atoms with E-state index in [1.54, 1.807) is 0 Å². The van der Waals surface area contributed by atoms with E-state index >= 15 is 0 Å². The molecule has 0 aromatic heterocycles. The van der Waals surface area contributed by atoms with Crippen LogP contribution in [-0.4, -0.2) is 11.9 Å². The fourth-order valence-corrected chi connectivity index (χ4v) is 1.61. The number of hydrogen-bond acceptors (Lipinski definition) is 3. The van der Waals surface area contributed by atoms with Gasteiger partial charge in [0.05, 0.1) is 11.1 Å². The van der Waals surface area contributed by atoms with Gasteiger partial charge in [-0.3, -0.25) is 4.79 Å². The molecule has 0 amide bonds. The zero-order valence-corrected chi connectivity index (χ0v) is 9.80. The molecule has 0 bridgehead atoms. The van der Waals surface area contributed by atoms with Crippen molar-refractivity contribution in [3.8, 4) is 0 Å². The topological polar surface area (TPSA) is 43.4 Å². The molecule has 18 heavy (non-hydrogen) atoms. The third-order valence-electron chi connectivity index (χ3n) is 2.29. The van der Waals surface area contributed by atoms with Gasteiger partial charge in [-0.05, 0) is 24.1 Å². The Kier molecular flexibility index (Phi) is 4.11. The van der Waals surface area contributed by atoms with Gasteiger partial charge in [0.2, 0.25) is 0 Å². The Morgan fingerprint density at radius 1 is 1.28 bits per heavy atom. The van der Waals surface area contributed by atoms with Gasteiger partial charge in [-0.2, -0.15) is 13.2 Å². The molecule has 0 spiro atoms. The average molecular weight is 260 g/mol. The lowest BCUT2D eigenvalue weighted by atomic mass is 9.98. The molecule has 1 aromatic carbocycles. The molecule has 0 heterocycles. The van der Waals surface area contributed by atoms with Crippen LogP contribution in [-0.2, 0) is 22.1 Å². The number of alkyl halides is 3. The van der Waals surface area contributed by atoms with Crippen molar-refractivity contribution in [1.29, 1.82) is 0 Å². The van der Waals surface area contributed by atoms with Gasteiger partial charge in [-0.25, -0.2) is 4.79 Å². The first-order chi connectivity index (χ1) is 8.27. The molecule has 6 heteroatoms. The smallest absolute Gasteiger partial charge is 0.390 e. The molecule has 98 valence electrons. The normalized spacial score (nSPS) is 11.2. The van der Waals surface area contributed by atoms with Crippen LogP contribution in [0.2, 0.25) is 0 Å². The zero-order chi connectivity index (χ0) is 13.9. The molecule has 0 unspecified atom stereocenters. The molecule has 1 aromatic rings. The predicted octanol–water partition coefficient (Wildman–Crippen LogP) is 2.97. The van der Waals surface area contributed by atoms with Gasteiger partial charge in [-0.15, -0.1) is 0 Å². The summed E-state index contributed by atoms with van der Waals surface area (Å²) in [7, 11) is 0. The maximum Gasteiger partial charge on any atom is 0.416 e. The number of halogens is 3. The molecule has 0 aliphatic rings. The van der Waals surface area contributed by atoms with E-state index in [9.17, 15) is 22.8 Å². The molecule has 0 aliphatic heterocycles. The minimum atomic E-state index is -4.54. The summed E-state index contributed by atoms with van der Waals surface area (Å²) in [6.07, 6.45) is -4.53. The van der Waals surface area contributed by atoms with Gasteiger partial charge in [0.15, 0.2) is 0 Å². The molecular formula is C12H11F3O3. The summed E-state index contributed by atoms with van der Waals surface area (Å²) in [5.41, 5.74) is -1.29. The van der Waals surface area contributed by atoms with Gasteiger partial charge in [0.1, 0.15) is 0 Å². The first-order valence-electron chi connectivity index (χ1n) is 5.19. The zero-order valence-electron chi connectivity index (χ0n) is 9.80. The van der Waals surface area contributed by atoms with E-state index in [1.807, 2.05) is 0 Å². The molecule has 0 saturated carbocycles. The average Bonchev–Trinajstić information content (AvgIpc) is 2.25. The van der Waals surface area contributed by atoms with Crippen molar-refractivity contribution < 1.29 is 27.5 Å². The number of ether oxygens (including phenoxy) is 1. The highest BCUT2D eigenvalue weighted by Gasteiger charge is 2.34. The number of benzene rings is 1. The van der Waals surface area contributed by atoms with Crippen molar-refractivity contribution in [2.75, 3.05) is 0 Å². The summed E-state index contributed by atoms with van der Waals surface area (Å²) in [6.45, 7) is 2.51. The van der Waals surface area contributed by atoms with Crippen molar-refractivity contribution >= 4 is 11.9 Å². The molecule has 3 nitrogen and oxygen atoms in total. The minimum absolute atomic E-state index is 0.0119. The van der Waals surface area contributed by atoms with Crippen LogP contribution in [0.3, 0.4) is 0 Å². The van der Waals surface area contributed by atoms with Gasteiger partial charge >= 0.3 is 18.1 Å². The molecule has 0 saturated heterocycles. The Morgan fingerprint density at radius 2 is 1.89 bits per heavy atom. The third-order valence-corrected chi connectivity index (χ3v) is 2.29. The maximum atomic E-state index is 12.7. The van der Waals surface area contributed by atoms with Crippen LogP contribution in [0.15, 0.2) is 18.2 Å². The van der Waals surface area contributed by atoms with Gasteiger partial charge in [0.25, 0.3) is 0 Å². The second-order valence-electron chi connectivity index (χ2n) is 3.56. The third kappa shape index (κ3) is 3.09. The molecule has 0 fully saturated rings. The van der Waals surface area contributed by atoms with E-state index in [2.05, 4.69) is 4.74 Å². The second-order valence-corrected chi connectivity index (χ2v) is 3.56. The van der Waals surface area contributed by atoms with Crippen molar-refractivity contribution in [2.45, 2.75) is 26.4 Å². The van der Waals surface area contributed by atoms with Crippen molar-refractivity contribution in [1.82, 2.24) is 0 Å². The largest absolute Gasteiger partial charge is 0.416 e. The van der Waals surface area contributed by atoms with Gasteiger partial charge in [0, 0.05) is 6.92 Å². The Bertz CT molecular complexity index is 478. The van der Waals surface area contributed by atoms with Crippen LogP contribution in [0.4, 0.5) is 13.2 Å². The summed E-state index contributed by atoms with van der Waals surface area (Å²) in [5, 5.41) is 0. The summed E-state index contributed by atoms with van der Waals surface area (Å²) in [4.78, 5) is 22.1. The van der Waals surface area contributed by atoms with Crippen LogP contribution in [0.5, 0.6) is 0 Å². The Labute approximate surface area is 102 Å². The van der Waals surface area contributed by atoms with Crippen LogP contribution in [0, 0.1) is 0 Å². The number of carbonyl (C=O) groups is 2. The lowest BCUT2D eigenvalue weighted by molar-refractivity contribution is -0.138. The van der Waals surface area contributed by atoms with Crippen molar-refractivity contribution in [2.24, 2.45) is 0 Å². The lowest BCUT2D eigenvalue weighted by Crippen LogP contribution is -2.16. The highest BCUT2D eigenvalue weighted by molar-refractivity contribution is 5.97. The van der Waals surface area contributed by atoms with E-state index in [1.165, 1.54) is 13.0 Å². The summed E-state index contributed by atoms with van der Waals surface area (Å²) >= 11 is 0. The fourth-order valence-electron chi connectivity index (χ4n) is 1.61. The van der Waals surface area contributed by atoms with E-state index in [-0.39, 0.29) is 17.5 Å². The molecule has 0 aliphatic carbocycles. The Hall–Kier alpha value is -1.85. The maximum absolute atomic E-state index is 12.7. The van der Waals surface area contributed by atoms with Crippen molar-refractivity contribution in [3.63, 3.8) is 0 Å². The first kappa shape index (κ1) is 14.2. The number of rotatable bonds is 2. The monoisotopic (exact) mass is 260 g/mol. The predicted molar refractivity (Wildman–Crippen MR) is 56.9 cm³/mol. The van der Waals surface area contributed by atoms with E-state index < -0.39 is 23.7 Å². The minimum Gasteiger partial charge on any atom is -0.390 e. The van der Waals surface area contributed by atoms with Crippen LogP contribution < -0.4 is 0 Å². The Morgan fingerprint density at radius 3 is 2.33 bits per heavy atom. The molecule has 0 N–H and O–H groups in total. The van der Waals surface area contributed by atoms with E-state index in [0.717, 1.165) is 19.1 Å².